The molecule has 3 N–H and O–H groups in total. The van der Waals surface area contributed by atoms with E-state index in [0.717, 1.165) is 12.1 Å². The molecule has 0 aliphatic carbocycles. The van der Waals surface area contributed by atoms with Crippen molar-refractivity contribution in [1.29, 1.82) is 0 Å². The molecule has 0 saturated carbocycles. The summed E-state index contributed by atoms with van der Waals surface area (Å²) in [5.41, 5.74) is -2.03. The van der Waals surface area contributed by atoms with Crippen LogP contribution >= 0.6 is 0 Å². The largest absolute Gasteiger partial charge is 0.435 e. The number of alkyl halides is 3. The number of anilines is 1. The maximum atomic E-state index is 12.7. The molecule has 1 aromatic carbocycles. The van der Waals surface area contributed by atoms with E-state index in [9.17, 15) is 31.2 Å². The predicted octanol–water partition coefficient (Wildman–Crippen LogP) is 1.11. The lowest BCUT2D eigenvalue weighted by Gasteiger charge is -2.15. The van der Waals surface area contributed by atoms with E-state index < -0.39 is 39.4 Å². The second-order valence-electron chi connectivity index (χ2n) is 5.23. The Hall–Kier alpha value is -2.73. The summed E-state index contributed by atoms with van der Waals surface area (Å²) in [5.74, 6) is -0.817. The van der Waals surface area contributed by atoms with E-state index >= 15 is 0 Å². The zero-order chi connectivity index (χ0) is 19.7. The Kier molecular flexibility index (Phi) is 5.18. The standard InChI is InChI=1S/C14H13F3N4O4S/c1-8(21-12(22)7-6-11(20-21)14(15,16)17)13(23)19-9-2-4-10(5-3-9)26(18,24)25/h2-8H,1H3,(H,19,23)(H2,18,24,25). The highest BCUT2D eigenvalue weighted by molar-refractivity contribution is 7.89. The van der Waals surface area contributed by atoms with Crippen LogP contribution < -0.4 is 16.0 Å². The topological polar surface area (TPSA) is 124 Å². The minimum Gasteiger partial charge on any atom is -0.324 e. The van der Waals surface area contributed by atoms with E-state index in [-0.39, 0.29) is 10.6 Å². The molecule has 0 fully saturated rings. The molecule has 0 aliphatic rings. The number of carbonyl (C=O) groups is 1. The summed E-state index contributed by atoms with van der Waals surface area (Å²) in [5, 5.41) is 10.5. The van der Waals surface area contributed by atoms with Crippen LogP contribution in [0.1, 0.15) is 18.7 Å². The van der Waals surface area contributed by atoms with Gasteiger partial charge in [-0.3, -0.25) is 9.59 Å². The fraction of sp³-hybridized carbons (Fsp3) is 0.214. The average Bonchev–Trinajstić information content (AvgIpc) is 2.53. The van der Waals surface area contributed by atoms with E-state index in [4.69, 9.17) is 5.14 Å². The van der Waals surface area contributed by atoms with Crippen LogP contribution in [-0.4, -0.2) is 24.1 Å². The van der Waals surface area contributed by atoms with Crippen molar-refractivity contribution in [3.8, 4) is 0 Å². The molecule has 140 valence electrons. The summed E-state index contributed by atoms with van der Waals surface area (Å²) in [6, 6.07) is 4.62. The fourth-order valence-corrected chi connectivity index (χ4v) is 2.46. The first-order valence-corrected chi connectivity index (χ1v) is 8.55. The lowest BCUT2D eigenvalue weighted by molar-refractivity contribution is -0.142. The summed E-state index contributed by atoms with van der Waals surface area (Å²) in [7, 11) is -3.91. The second-order valence-corrected chi connectivity index (χ2v) is 6.80. The lowest BCUT2D eigenvalue weighted by Crippen LogP contribution is -2.34. The van der Waals surface area contributed by atoms with E-state index in [2.05, 4.69) is 10.4 Å². The third-order valence-electron chi connectivity index (χ3n) is 3.31. The van der Waals surface area contributed by atoms with Crippen LogP contribution in [0.25, 0.3) is 0 Å². The monoisotopic (exact) mass is 390 g/mol. The number of hydrogen-bond acceptors (Lipinski definition) is 5. The number of nitrogens with zero attached hydrogens (tertiary/aromatic N) is 2. The van der Waals surface area contributed by atoms with Gasteiger partial charge in [-0.05, 0) is 37.3 Å². The summed E-state index contributed by atoms with van der Waals surface area (Å²) < 4.78 is 60.9. The van der Waals surface area contributed by atoms with Crippen LogP contribution in [0.15, 0.2) is 46.1 Å². The molecule has 1 aromatic heterocycles. The highest BCUT2D eigenvalue weighted by atomic mass is 32.2. The van der Waals surface area contributed by atoms with Gasteiger partial charge in [-0.25, -0.2) is 18.2 Å². The number of amides is 1. The van der Waals surface area contributed by atoms with Crippen molar-refractivity contribution in [1.82, 2.24) is 9.78 Å². The van der Waals surface area contributed by atoms with Crippen molar-refractivity contribution >= 4 is 21.6 Å². The van der Waals surface area contributed by atoms with Crippen LogP contribution in [0, 0.1) is 0 Å². The van der Waals surface area contributed by atoms with Gasteiger partial charge in [0, 0.05) is 11.8 Å². The second kappa shape index (κ2) is 6.88. The molecule has 0 aliphatic heterocycles. The van der Waals surface area contributed by atoms with Gasteiger partial charge in [0.2, 0.25) is 15.9 Å². The number of nitrogens with one attached hydrogen (secondary N) is 1. The van der Waals surface area contributed by atoms with Gasteiger partial charge in [0.05, 0.1) is 4.90 Å². The molecule has 1 unspecified atom stereocenters. The third-order valence-corrected chi connectivity index (χ3v) is 4.24. The number of primary sulfonamides is 1. The van der Waals surface area contributed by atoms with E-state index in [0.29, 0.717) is 16.8 Å². The molecule has 26 heavy (non-hydrogen) atoms. The Morgan fingerprint density at radius 1 is 1.19 bits per heavy atom. The van der Waals surface area contributed by atoms with Crippen molar-refractivity contribution in [2.24, 2.45) is 5.14 Å². The summed E-state index contributed by atoms with van der Waals surface area (Å²) >= 11 is 0. The molecule has 1 heterocycles. The van der Waals surface area contributed by atoms with Gasteiger partial charge < -0.3 is 5.32 Å². The summed E-state index contributed by atoms with van der Waals surface area (Å²) in [6.45, 7) is 1.20. The molecule has 12 heteroatoms. The van der Waals surface area contributed by atoms with Crippen LogP contribution in [0.2, 0.25) is 0 Å². The minimum absolute atomic E-state index is 0.161. The minimum atomic E-state index is -4.77. The quantitative estimate of drug-likeness (QED) is 0.809. The third kappa shape index (κ3) is 4.46. The van der Waals surface area contributed by atoms with Gasteiger partial charge in [0.1, 0.15) is 6.04 Å². The number of nitrogens with two attached hydrogens (primary N) is 1. The smallest absolute Gasteiger partial charge is 0.324 e. The SMILES string of the molecule is CC(C(=O)Nc1ccc(S(N)(=O)=O)cc1)n1nc(C(F)(F)F)ccc1=O. The molecular weight excluding hydrogens is 377 g/mol. The van der Waals surface area contributed by atoms with Crippen molar-refractivity contribution < 1.29 is 26.4 Å². The number of benzene rings is 1. The van der Waals surface area contributed by atoms with Crippen molar-refractivity contribution in [3.63, 3.8) is 0 Å². The Labute approximate surface area is 145 Å². The Bertz CT molecular complexity index is 984. The average molecular weight is 390 g/mol. The molecule has 1 atom stereocenters. The van der Waals surface area contributed by atoms with Crippen molar-refractivity contribution in [2.45, 2.75) is 24.0 Å². The van der Waals surface area contributed by atoms with Gasteiger partial charge >= 0.3 is 6.18 Å². The molecule has 2 rings (SSSR count). The number of sulfonamides is 1. The zero-order valence-electron chi connectivity index (χ0n) is 13.2. The number of rotatable bonds is 4. The highest BCUT2D eigenvalue weighted by Gasteiger charge is 2.34. The van der Waals surface area contributed by atoms with Crippen LogP contribution in [0.5, 0.6) is 0 Å². The van der Waals surface area contributed by atoms with Gasteiger partial charge in [0.15, 0.2) is 5.69 Å². The van der Waals surface area contributed by atoms with Gasteiger partial charge in [-0.2, -0.15) is 18.3 Å². The van der Waals surface area contributed by atoms with Crippen LogP contribution in [0.3, 0.4) is 0 Å². The highest BCUT2D eigenvalue weighted by Crippen LogP contribution is 2.26. The fourth-order valence-electron chi connectivity index (χ4n) is 1.94. The maximum Gasteiger partial charge on any atom is 0.435 e. The normalized spacial score (nSPS) is 13.3. The first kappa shape index (κ1) is 19.6. The van der Waals surface area contributed by atoms with E-state index in [1.807, 2.05) is 0 Å². The van der Waals surface area contributed by atoms with Gasteiger partial charge in [-0.15, -0.1) is 0 Å². The predicted molar refractivity (Wildman–Crippen MR) is 84.7 cm³/mol. The molecular formula is C14H13F3N4O4S. The van der Waals surface area contributed by atoms with Crippen LogP contribution in [-0.2, 0) is 21.0 Å². The van der Waals surface area contributed by atoms with Gasteiger partial charge in [-0.1, -0.05) is 0 Å². The van der Waals surface area contributed by atoms with Crippen molar-refractivity contribution in [2.75, 3.05) is 5.32 Å². The van der Waals surface area contributed by atoms with Crippen LogP contribution in [0.4, 0.5) is 18.9 Å². The first-order chi connectivity index (χ1) is 11.9. The zero-order valence-corrected chi connectivity index (χ0v) is 14.0. The molecule has 8 nitrogen and oxygen atoms in total. The van der Waals surface area contributed by atoms with Gasteiger partial charge in [0.25, 0.3) is 5.56 Å². The van der Waals surface area contributed by atoms with E-state index in [1.54, 1.807) is 0 Å². The number of aromatic nitrogens is 2. The molecule has 0 radical (unpaired) electrons. The Morgan fingerprint density at radius 3 is 2.27 bits per heavy atom. The van der Waals surface area contributed by atoms with E-state index in [1.165, 1.54) is 19.1 Å². The molecule has 1 amide bonds. The van der Waals surface area contributed by atoms with Crippen molar-refractivity contribution in [3.05, 3.63) is 52.4 Å². The molecule has 0 spiro atoms. The summed E-state index contributed by atoms with van der Waals surface area (Å²) in [4.78, 5) is 23.7. The number of carbonyl (C=O) groups excluding carboxylic acids is 1. The number of halogens is 3. The maximum absolute atomic E-state index is 12.7. The molecule has 2 aromatic rings. The Morgan fingerprint density at radius 2 is 1.77 bits per heavy atom. The lowest BCUT2D eigenvalue weighted by atomic mass is 10.2. The first-order valence-electron chi connectivity index (χ1n) is 7.00. The molecule has 0 saturated heterocycles. The summed E-state index contributed by atoms with van der Waals surface area (Å²) in [6.07, 6.45) is -4.77. The number of hydrogen-bond donors (Lipinski definition) is 2. The molecule has 0 bridgehead atoms. The Balaban J connectivity index is 2.24.